The number of hydrogen-bond acceptors (Lipinski definition) is 3. The molecular formula is C11H18N2O2. The second-order valence-electron chi connectivity index (χ2n) is 3.46. The highest BCUT2D eigenvalue weighted by molar-refractivity contribution is 5.72. The van der Waals surface area contributed by atoms with Crippen molar-refractivity contribution in [2.24, 2.45) is 5.92 Å². The molecule has 0 aromatic carbocycles. The molecule has 0 amide bonds. The number of aryl methyl sites for hydroxylation is 1. The van der Waals surface area contributed by atoms with Gasteiger partial charge in [-0.1, -0.05) is 6.92 Å². The maximum Gasteiger partial charge on any atom is 0.309 e. The molecule has 0 spiro atoms. The second kappa shape index (κ2) is 5.53. The van der Waals surface area contributed by atoms with Gasteiger partial charge in [-0.3, -0.25) is 4.79 Å². The molecule has 1 rings (SSSR count). The number of nitrogens with zero attached hydrogens (tertiary/aromatic N) is 2. The van der Waals surface area contributed by atoms with E-state index in [-0.39, 0.29) is 11.9 Å². The highest BCUT2D eigenvalue weighted by atomic mass is 16.5. The van der Waals surface area contributed by atoms with Crippen LogP contribution in [0.5, 0.6) is 0 Å². The Labute approximate surface area is 90.3 Å². The molecule has 1 aromatic rings. The monoisotopic (exact) mass is 210 g/mol. The first-order valence-electron chi connectivity index (χ1n) is 5.30. The number of imidazole rings is 1. The molecule has 0 aliphatic heterocycles. The molecule has 1 heterocycles. The standard InChI is InChI=1S/C11H18N2O2/c1-4-9(11(14)15-3)8-10-12-6-7-13(10)5-2/h6-7,9H,4-5,8H2,1-3H3. The van der Waals surface area contributed by atoms with Gasteiger partial charge >= 0.3 is 5.97 Å². The predicted molar refractivity (Wildman–Crippen MR) is 57.4 cm³/mol. The van der Waals surface area contributed by atoms with Crippen molar-refractivity contribution in [1.29, 1.82) is 0 Å². The average Bonchev–Trinajstić information content (AvgIpc) is 2.71. The van der Waals surface area contributed by atoms with Crippen molar-refractivity contribution in [2.45, 2.75) is 33.2 Å². The van der Waals surface area contributed by atoms with Gasteiger partial charge in [0, 0.05) is 25.4 Å². The lowest BCUT2D eigenvalue weighted by Gasteiger charge is -2.12. The number of esters is 1. The maximum absolute atomic E-state index is 11.4. The minimum Gasteiger partial charge on any atom is -0.469 e. The molecule has 84 valence electrons. The quantitative estimate of drug-likeness (QED) is 0.694. The summed E-state index contributed by atoms with van der Waals surface area (Å²) in [5, 5.41) is 0. The van der Waals surface area contributed by atoms with E-state index < -0.39 is 0 Å². The Bertz CT molecular complexity index is 320. The Kier molecular flexibility index (Phi) is 4.34. The van der Waals surface area contributed by atoms with Crippen LogP contribution in [0.25, 0.3) is 0 Å². The van der Waals surface area contributed by atoms with E-state index in [0.717, 1.165) is 18.8 Å². The van der Waals surface area contributed by atoms with Crippen LogP contribution in [-0.4, -0.2) is 22.6 Å². The fourth-order valence-electron chi connectivity index (χ4n) is 1.60. The van der Waals surface area contributed by atoms with Crippen LogP contribution in [0.1, 0.15) is 26.1 Å². The number of carbonyl (C=O) groups is 1. The molecule has 0 saturated heterocycles. The normalized spacial score (nSPS) is 12.5. The zero-order chi connectivity index (χ0) is 11.3. The van der Waals surface area contributed by atoms with E-state index >= 15 is 0 Å². The summed E-state index contributed by atoms with van der Waals surface area (Å²) in [4.78, 5) is 15.7. The van der Waals surface area contributed by atoms with Crippen LogP contribution in [0, 0.1) is 5.92 Å². The van der Waals surface area contributed by atoms with E-state index in [1.54, 1.807) is 6.20 Å². The molecule has 0 N–H and O–H groups in total. The maximum atomic E-state index is 11.4. The fraction of sp³-hybridized carbons (Fsp3) is 0.636. The number of aromatic nitrogens is 2. The number of hydrogen-bond donors (Lipinski definition) is 0. The molecule has 0 radical (unpaired) electrons. The first-order chi connectivity index (χ1) is 7.22. The van der Waals surface area contributed by atoms with Crippen LogP contribution < -0.4 is 0 Å². The Morgan fingerprint density at radius 1 is 1.60 bits per heavy atom. The summed E-state index contributed by atoms with van der Waals surface area (Å²) in [7, 11) is 1.43. The largest absolute Gasteiger partial charge is 0.469 e. The number of rotatable bonds is 5. The Hall–Kier alpha value is -1.32. The molecule has 1 aromatic heterocycles. The fourth-order valence-corrected chi connectivity index (χ4v) is 1.60. The zero-order valence-electron chi connectivity index (χ0n) is 9.56. The smallest absolute Gasteiger partial charge is 0.309 e. The van der Waals surface area contributed by atoms with E-state index in [0.29, 0.717) is 6.42 Å². The minimum absolute atomic E-state index is 0.0808. The highest BCUT2D eigenvalue weighted by Crippen LogP contribution is 2.12. The van der Waals surface area contributed by atoms with Gasteiger partial charge in [0.1, 0.15) is 5.82 Å². The lowest BCUT2D eigenvalue weighted by molar-refractivity contribution is -0.145. The van der Waals surface area contributed by atoms with Gasteiger partial charge in [0.15, 0.2) is 0 Å². The van der Waals surface area contributed by atoms with E-state index in [9.17, 15) is 4.79 Å². The van der Waals surface area contributed by atoms with Crippen LogP contribution in [0.2, 0.25) is 0 Å². The third-order valence-corrected chi connectivity index (χ3v) is 2.60. The third-order valence-electron chi connectivity index (χ3n) is 2.60. The summed E-state index contributed by atoms with van der Waals surface area (Å²) >= 11 is 0. The molecule has 0 bridgehead atoms. The summed E-state index contributed by atoms with van der Waals surface area (Å²) in [5.74, 6) is 0.723. The zero-order valence-corrected chi connectivity index (χ0v) is 9.56. The molecule has 4 heteroatoms. The molecule has 4 nitrogen and oxygen atoms in total. The van der Waals surface area contributed by atoms with Crippen LogP contribution in [0.4, 0.5) is 0 Å². The molecule has 0 saturated carbocycles. The van der Waals surface area contributed by atoms with Crippen molar-refractivity contribution in [1.82, 2.24) is 9.55 Å². The van der Waals surface area contributed by atoms with Gasteiger partial charge in [0.05, 0.1) is 13.0 Å². The first-order valence-corrected chi connectivity index (χ1v) is 5.30. The van der Waals surface area contributed by atoms with Crippen molar-refractivity contribution >= 4 is 5.97 Å². The van der Waals surface area contributed by atoms with Gasteiger partial charge in [-0.15, -0.1) is 0 Å². The van der Waals surface area contributed by atoms with Crippen LogP contribution in [0.15, 0.2) is 12.4 Å². The van der Waals surface area contributed by atoms with Gasteiger partial charge in [-0.2, -0.15) is 0 Å². The van der Waals surface area contributed by atoms with Crippen LogP contribution >= 0.6 is 0 Å². The number of ether oxygens (including phenoxy) is 1. The third kappa shape index (κ3) is 2.81. The van der Waals surface area contributed by atoms with Crippen LogP contribution in [0.3, 0.4) is 0 Å². The Morgan fingerprint density at radius 2 is 2.33 bits per heavy atom. The summed E-state index contributed by atoms with van der Waals surface area (Å²) in [5.41, 5.74) is 0. The lowest BCUT2D eigenvalue weighted by atomic mass is 10.0. The highest BCUT2D eigenvalue weighted by Gasteiger charge is 2.19. The van der Waals surface area contributed by atoms with Gasteiger partial charge in [-0.25, -0.2) is 4.98 Å². The molecule has 0 aliphatic carbocycles. The predicted octanol–water partition coefficient (Wildman–Crippen LogP) is 1.64. The van der Waals surface area contributed by atoms with Crippen molar-refractivity contribution in [3.8, 4) is 0 Å². The van der Waals surface area contributed by atoms with Crippen molar-refractivity contribution in [3.05, 3.63) is 18.2 Å². The van der Waals surface area contributed by atoms with Gasteiger partial charge < -0.3 is 9.30 Å². The Balaban J connectivity index is 2.70. The van der Waals surface area contributed by atoms with Gasteiger partial charge in [0.2, 0.25) is 0 Å². The molecule has 15 heavy (non-hydrogen) atoms. The van der Waals surface area contributed by atoms with E-state index in [4.69, 9.17) is 4.74 Å². The summed E-state index contributed by atoms with van der Waals surface area (Å²) in [6, 6.07) is 0. The summed E-state index contributed by atoms with van der Waals surface area (Å²) in [6.07, 6.45) is 5.13. The molecule has 0 fully saturated rings. The number of methoxy groups -OCH3 is 1. The second-order valence-corrected chi connectivity index (χ2v) is 3.46. The Morgan fingerprint density at radius 3 is 2.87 bits per heavy atom. The molecule has 0 aliphatic rings. The van der Waals surface area contributed by atoms with Crippen LogP contribution in [-0.2, 0) is 22.5 Å². The SMILES string of the molecule is CCC(Cc1nccn1CC)C(=O)OC. The van der Waals surface area contributed by atoms with Crippen molar-refractivity contribution in [2.75, 3.05) is 7.11 Å². The van der Waals surface area contributed by atoms with Gasteiger partial charge in [0.25, 0.3) is 0 Å². The first kappa shape index (κ1) is 11.8. The molecule has 1 atom stereocenters. The number of carbonyl (C=O) groups excluding carboxylic acids is 1. The lowest BCUT2D eigenvalue weighted by Crippen LogP contribution is -2.19. The summed E-state index contributed by atoms with van der Waals surface area (Å²) in [6.45, 7) is 4.93. The van der Waals surface area contributed by atoms with Crippen molar-refractivity contribution < 1.29 is 9.53 Å². The average molecular weight is 210 g/mol. The van der Waals surface area contributed by atoms with Crippen molar-refractivity contribution in [3.63, 3.8) is 0 Å². The minimum atomic E-state index is -0.150. The van der Waals surface area contributed by atoms with E-state index in [1.165, 1.54) is 7.11 Å². The van der Waals surface area contributed by atoms with E-state index in [1.807, 2.05) is 17.7 Å². The van der Waals surface area contributed by atoms with Gasteiger partial charge in [-0.05, 0) is 13.3 Å². The molecular weight excluding hydrogens is 192 g/mol. The van der Waals surface area contributed by atoms with E-state index in [2.05, 4.69) is 11.9 Å². The molecule has 1 unspecified atom stereocenters. The topological polar surface area (TPSA) is 44.1 Å². The summed E-state index contributed by atoms with van der Waals surface area (Å²) < 4.78 is 6.80.